The molecule has 2 heterocycles. The molecule has 2 aromatic rings. The molecule has 17 heavy (non-hydrogen) atoms. The SMILES string of the molecule is Cc1c(F)c(=O)[nH]c2nc(=S)n(C(C)C)cc12. The van der Waals surface area contributed by atoms with Crippen LogP contribution in [0.1, 0.15) is 25.5 Å². The number of nitrogens with one attached hydrogen (secondary N) is 1. The van der Waals surface area contributed by atoms with Gasteiger partial charge >= 0.3 is 0 Å². The van der Waals surface area contributed by atoms with Gasteiger partial charge in [0.1, 0.15) is 5.65 Å². The van der Waals surface area contributed by atoms with Crippen molar-refractivity contribution in [2.75, 3.05) is 0 Å². The van der Waals surface area contributed by atoms with Crippen molar-refractivity contribution >= 4 is 23.3 Å². The molecule has 6 heteroatoms. The fourth-order valence-corrected chi connectivity index (χ4v) is 2.01. The van der Waals surface area contributed by atoms with Gasteiger partial charge in [0, 0.05) is 23.2 Å². The van der Waals surface area contributed by atoms with Crippen LogP contribution in [0.2, 0.25) is 0 Å². The lowest BCUT2D eigenvalue weighted by Crippen LogP contribution is -2.15. The molecule has 2 rings (SSSR count). The van der Waals surface area contributed by atoms with Gasteiger partial charge in [-0.1, -0.05) is 0 Å². The van der Waals surface area contributed by atoms with Crippen molar-refractivity contribution < 1.29 is 4.39 Å². The average molecular weight is 253 g/mol. The lowest BCUT2D eigenvalue weighted by molar-refractivity contribution is 0.577. The highest BCUT2D eigenvalue weighted by Gasteiger charge is 2.11. The Morgan fingerprint density at radius 2 is 2.18 bits per heavy atom. The zero-order chi connectivity index (χ0) is 12.7. The number of aryl methyl sites for hydroxylation is 1. The Balaban J connectivity index is 2.95. The molecule has 90 valence electrons. The molecule has 0 saturated carbocycles. The first-order chi connectivity index (χ1) is 7.91. The number of aromatic amines is 1. The number of rotatable bonds is 1. The second-order valence-electron chi connectivity index (χ2n) is 4.18. The highest BCUT2D eigenvalue weighted by molar-refractivity contribution is 7.71. The van der Waals surface area contributed by atoms with Crippen LogP contribution in [0.15, 0.2) is 11.0 Å². The number of H-pyrrole nitrogens is 1. The van der Waals surface area contributed by atoms with Crippen LogP contribution < -0.4 is 5.56 Å². The van der Waals surface area contributed by atoms with Crippen molar-refractivity contribution in [1.82, 2.24) is 14.5 Å². The third-order valence-electron chi connectivity index (χ3n) is 2.67. The zero-order valence-electron chi connectivity index (χ0n) is 9.74. The van der Waals surface area contributed by atoms with Gasteiger partial charge in [0.2, 0.25) is 4.77 Å². The van der Waals surface area contributed by atoms with Crippen molar-refractivity contribution in [3.05, 3.63) is 32.7 Å². The maximum absolute atomic E-state index is 13.5. The molecule has 4 nitrogen and oxygen atoms in total. The fraction of sp³-hybridized carbons (Fsp3) is 0.364. The highest BCUT2D eigenvalue weighted by atomic mass is 32.1. The quantitative estimate of drug-likeness (QED) is 0.794. The van der Waals surface area contributed by atoms with Crippen molar-refractivity contribution in [1.29, 1.82) is 0 Å². The van der Waals surface area contributed by atoms with Crippen LogP contribution in [0.3, 0.4) is 0 Å². The Labute approximate surface area is 102 Å². The molecule has 0 aliphatic rings. The summed E-state index contributed by atoms with van der Waals surface area (Å²) in [4.78, 5) is 17.8. The maximum atomic E-state index is 13.5. The number of hydrogen-bond acceptors (Lipinski definition) is 3. The van der Waals surface area contributed by atoms with Gasteiger partial charge in [-0.25, -0.2) is 9.37 Å². The lowest BCUT2D eigenvalue weighted by atomic mass is 10.2. The molecular formula is C11H12FN3OS. The second-order valence-corrected chi connectivity index (χ2v) is 4.55. The monoisotopic (exact) mass is 253 g/mol. The van der Waals surface area contributed by atoms with Crippen LogP contribution in [0.25, 0.3) is 11.0 Å². The smallest absolute Gasteiger partial charge is 0.285 e. The number of pyridine rings is 1. The topological polar surface area (TPSA) is 50.7 Å². The van der Waals surface area contributed by atoms with E-state index in [0.717, 1.165) is 0 Å². The van der Waals surface area contributed by atoms with Crippen LogP contribution in [-0.2, 0) is 0 Å². The van der Waals surface area contributed by atoms with E-state index >= 15 is 0 Å². The van der Waals surface area contributed by atoms with Crippen LogP contribution in [0.4, 0.5) is 4.39 Å². The van der Waals surface area contributed by atoms with E-state index in [2.05, 4.69) is 9.97 Å². The lowest BCUT2D eigenvalue weighted by Gasteiger charge is -2.12. The summed E-state index contributed by atoms with van der Waals surface area (Å²) in [5.74, 6) is -0.772. The molecule has 0 atom stereocenters. The van der Waals surface area contributed by atoms with Gasteiger partial charge in [-0.2, -0.15) is 0 Å². The third-order valence-corrected chi connectivity index (χ3v) is 2.97. The summed E-state index contributed by atoms with van der Waals surface area (Å²) < 4.78 is 15.6. The first kappa shape index (κ1) is 11.9. The summed E-state index contributed by atoms with van der Waals surface area (Å²) in [6.45, 7) is 5.48. The van der Waals surface area contributed by atoms with E-state index in [1.807, 2.05) is 13.8 Å². The van der Waals surface area contributed by atoms with Crippen molar-refractivity contribution in [2.24, 2.45) is 0 Å². The summed E-state index contributed by atoms with van der Waals surface area (Å²) in [6.07, 6.45) is 1.73. The minimum atomic E-state index is -0.772. The van der Waals surface area contributed by atoms with Crippen molar-refractivity contribution in [2.45, 2.75) is 26.8 Å². The van der Waals surface area contributed by atoms with Crippen molar-refractivity contribution in [3.8, 4) is 0 Å². The van der Waals surface area contributed by atoms with Gasteiger partial charge < -0.3 is 9.55 Å². The molecule has 0 fully saturated rings. The van der Waals surface area contributed by atoms with Crippen molar-refractivity contribution in [3.63, 3.8) is 0 Å². The number of fused-ring (bicyclic) bond motifs is 1. The van der Waals surface area contributed by atoms with E-state index in [1.54, 1.807) is 17.7 Å². The van der Waals surface area contributed by atoms with E-state index < -0.39 is 11.4 Å². The number of nitrogens with zero attached hydrogens (tertiary/aromatic N) is 2. The molecule has 2 aromatic heterocycles. The van der Waals surface area contributed by atoms with E-state index in [0.29, 0.717) is 21.4 Å². The Kier molecular flexibility index (Phi) is 2.82. The predicted octanol–water partition coefficient (Wildman–Crippen LogP) is 2.48. The molecule has 0 bridgehead atoms. The predicted molar refractivity (Wildman–Crippen MR) is 66.3 cm³/mol. The summed E-state index contributed by atoms with van der Waals surface area (Å²) >= 11 is 5.11. The van der Waals surface area contributed by atoms with Gasteiger partial charge in [-0.3, -0.25) is 4.79 Å². The number of halogens is 1. The molecule has 0 unspecified atom stereocenters. The molecule has 1 N–H and O–H groups in total. The van der Waals surface area contributed by atoms with Crippen LogP contribution in [0, 0.1) is 17.5 Å². The molecule has 0 spiro atoms. The van der Waals surface area contributed by atoms with Gasteiger partial charge in [-0.05, 0) is 33.0 Å². The molecule has 0 aliphatic heterocycles. The minimum absolute atomic E-state index is 0.133. The van der Waals surface area contributed by atoms with Gasteiger partial charge in [0.15, 0.2) is 5.82 Å². The molecule has 0 aliphatic carbocycles. The Bertz CT molecular complexity index is 702. The highest BCUT2D eigenvalue weighted by Crippen LogP contribution is 2.16. The first-order valence-electron chi connectivity index (χ1n) is 5.23. The molecule has 0 amide bonds. The Morgan fingerprint density at radius 1 is 1.53 bits per heavy atom. The van der Waals surface area contributed by atoms with E-state index in [1.165, 1.54) is 0 Å². The summed E-state index contributed by atoms with van der Waals surface area (Å²) in [6, 6.07) is 0.133. The largest absolute Gasteiger partial charge is 0.321 e. The first-order valence-corrected chi connectivity index (χ1v) is 5.64. The van der Waals surface area contributed by atoms with E-state index in [9.17, 15) is 9.18 Å². The second kappa shape index (κ2) is 4.03. The summed E-state index contributed by atoms with van der Waals surface area (Å²) in [5, 5.41) is 0.574. The maximum Gasteiger partial charge on any atom is 0.285 e. The Morgan fingerprint density at radius 3 is 2.76 bits per heavy atom. The summed E-state index contributed by atoms with van der Waals surface area (Å²) in [7, 11) is 0. The van der Waals surface area contributed by atoms with E-state index in [-0.39, 0.29) is 6.04 Å². The van der Waals surface area contributed by atoms with Crippen LogP contribution >= 0.6 is 12.2 Å². The molecule has 0 radical (unpaired) electrons. The number of hydrogen-bond donors (Lipinski definition) is 1. The minimum Gasteiger partial charge on any atom is -0.321 e. The zero-order valence-corrected chi connectivity index (χ0v) is 10.6. The summed E-state index contributed by atoms with van der Waals surface area (Å²) in [5.41, 5.74) is -0.143. The molecule has 0 saturated heterocycles. The van der Waals surface area contributed by atoms with E-state index in [4.69, 9.17) is 12.2 Å². The third kappa shape index (κ3) is 1.88. The normalized spacial score (nSPS) is 11.4. The van der Waals surface area contributed by atoms with Gasteiger partial charge in [-0.15, -0.1) is 0 Å². The average Bonchev–Trinajstić information content (AvgIpc) is 2.25. The fourth-order valence-electron chi connectivity index (χ4n) is 1.66. The van der Waals surface area contributed by atoms with Crippen LogP contribution in [0.5, 0.6) is 0 Å². The van der Waals surface area contributed by atoms with Crippen LogP contribution in [-0.4, -0.2) is 14.5 Å². The van der Waals surface area contributed by atoms with Gasteiger partial charge in [0.05, 0.1) is 0 Å². The molecule has 0 aromatic carbocycles. The standard InChI is InChI=1S/C11H12FN3OS/c1-5(2)15-4-7-6(3)8(12)10(16)13-9(7)14-11(15)17/h4-5H,1-3H3,(H,13,14,16,17). The molecular weight excluding hydrogens is 241 g/mol. The Hall–Kier alpha value is -1.56. The number of aromatic nitrogens is 3. The van der Waals surface area contributed by atoms with Gasteiger partial charge in [0.25, 0.3) is 5.56 Å².